The molecule has 3 nitrogen and oxygen atoms in total. The molecule has 1 aromatic rings. The number of nitrogens with one attached hydrogen (secondary N) is 1. The van der Waals surface area contributed by atoms with Gasteiger partial charge in [0, 0.05) is 24.7 Å². The first-order chi connectivity index (χ1) is 10.3. The van der Waals surface area contributed by atoms with Gasteiger partial charge >= 0.3 is 0 Å². The van der Waals surface area contributed by atoms with Crippen molar-refractivity contribution in [2.24, 2.45) is 5.92 Å². The molecule has 3 rings (SSSR count). The van der Waals surface area contributed by atoms with E-state index in [1.165, 1.54) is 31.7 Å². The molecule has 0 aromatic heterocycles. The highest BCUT2D eigenvalue weighted by Gasteiger charge is 2.31. The van der Waals surface area contributed by atoms with Crippen LogP contribution >= 0.6 is 0 Å². The van der Waals surface area contributed by atoms with Gasteiger partial charge in [-0.05, 0) is 62.9 Å². The minimum absolute atomic E-state index is 0.190. The van der Waals surface area contributed by atoms with Crippen LogP contribution in [0.15, 0.2) is 18.2 Å². The van der Waals surface area contributed by atoms with Crippen molar-refractivity contribution in [3.05, 3.63) is 35.1 Å². The number of piperidine rings is 1. The van der Waals surface area contributed by atoms with Gasteiger partial charge in [-0.15, -0.1) is 0 Å². The average Bonchev–Trinajstić information content (AvgIpc) is 3.34. The lowest BCUT2D eigenvalue weighted by Gasteiger charge is -2.30. The molecule has 0 bridgehead atoms. The molecule has 1 aliphatic carbocycles. The second-order valence-electron chi connectivity index (χ2n) is 6.27. The summed E-state index contributed by atoms with van der Waals surface area (Å²) in [6.07, 6.45) is 4.88. The summed E-state index contributed by atoms with van der Waals surface area (Å²) in [6.45, 7) is 3.89. The lowest BCUT2D eigenvalue weighted by Crippen LogP contribution is -2.37. The summed E-state index contributed by atoms with van der Waals surface area (Å²) >= 11 is 0. The lowest BCUT2D eigenvalue weighted by molar-refractivity contribution is 0.188. The van der Waals surface area contributed by atoms with E-state index < -0.39 is 0 Å². The molecule has 2 fully saturated rings. The van der Waals surface area contributed by atoms with Gasteiger partial charge in [-0.3, -0.25) is 4.90 Å². The first-order valence-corrected chi connectivity index (χ1v) is 7.89. The number of hydrogen-bond acceptors (Lipinski definition) is 3. The van der Waals surface area contributed by atoms with Crippen molar-refractivity contribution in [2.45, 2.75) is 38.3 Å². The highest BCUT2D eigenvalue weighted by atomic mass is 19.1. The molecule has 1 N–H and O–H groups in total. The topological polar surface area (TPSA) is 39.1 Å². The zero-order chi connectivity index (χ0) is 14.7. The van der Waals surface area contributed by atoms with E-state index in [-0.39, 0.29) is 5.82 Å². The molecule has 0 radical (unpaired) electrons. The summed E-state index contributed by atoms with van der Waals surface area (Å²) in [6, 6.07) is 7.39. The number of nitrogens with zero attached hydrogens (tertiary/aromatic N) is 2. The van der Waals surface area contributed by atoms with Crippen LogP contribution in [-0.4, -0.2) is 30.6 Å². The first kappa shape index (κ1) is 14.5. The molecular weight excluding hydrogens is 265 g/mol. The molecular formula is C17H22FN3. The number of halogens is 1. The third-order valence-corrected chi connectivity index (χ3v) is 4.56. The fourth-order valence-corrected chi connectivity index (χ4v) is 3.16. The monoisotopic (exact) mass is 287 g/mol. The third kappa shape index (κ3) is 3.81. The zero-order valence-electron chi connectivity index (χ0n) is 12.3. The SMILES string of the molecule is N#Cc1ccc(F)c(CN(CC2CCNCC2)C2CC2)c1. The molecule has 0 unspecified atom stereocenters. The Morgan fingerprint density at radius 3 is 2.67 bits per heavy atom. The van der Waals surface area contributed by atoms with Gasteiger partial charge in [0.15, 0.2) is 0 Å². The highest BCUT2D eigenvalue weighted by Crippen LogP contribution is 2.30. The third-order valence-electron chi connectivity index (χ3n) is 4.56. The van der Waals surface area contributed by atoms with Crippen LogP contribution in [0.4, 0.5) is 4.39 Å². The van der Waals surface area contributed by atoms with E-state index in [4.69, 9.17) is 5.26 Å². The van der Waals surface area contributed by atoms with E-state index in [2.05, 4.69) is 16.3 Å². The Labute approximate surface area is 125 Å². The van der Waals surface area contributed by atoms with E-state index >= 15 is 0 Å². The number of benzene rings is 1. The minimum Gasteiger partial charge on any atom is -0.317 e. The molecule has 0 atom stereocenters. The smallest absolute Gasteiger partial charge is 0.127 e. The fraction of sp³-hybridized carbons (Fsp3) is 0.588. The maximum absolute atomic E-state index is 14.0. The van der Waals surface area contributed by atoms with Crippen LogP contribution in [0.1, 0.15) is 36.8 Å². The largest absolute Gasteiger partial charge is 0.317 e. The molecule has 1 heterocycles. The molecule has 1 saturated carbocycles. The summed E-state index contributed by atoms with van der Waals surface area (Å²) in [4.78, 5) is 2.43. The van der Waals surface area contributed by atoms with Crippen molar-refractivity contribution in [3.8, 4) is 6.07 Å². The van der Waals surface area contributed by atoms with E-state index in [1.807, 2.05) is 0 Å². The van der Waals surface area contributed by atoms with Crippen LogP contribution < -0.4 is 5.32 Å². The summed E-state index contributed by atoms with van der Waals surface area (Å²) < 4.78 is 14.0. The molecule has 1 aromatic carbocycles. The van der Waals surface area contributed by atoms with E-state index in [1.54, 1.807) is 12.1 Å². The predicted molar refractivity (Wildman–Crippen MR) is 80.1 cm³/mol. The second kappa shape index (κ2) is 6.55. The summed E-state index contributed by atoms with van der Waals surface area (Å²) in [5.74, 6) is 0.527. The van der Waals surface area contributed by atoms with Gasteiger partial charge in [0.1, 0.15) is 5.82 Å². The minimum atomic E-state index is -0.190. The Morgan fingerprint density at radius 2 is 2.00 bits per heavy atom. The van der Waals surface area contributed by atoms with Crippen LogP contribution in [0.3, 0.4) is 0 Å². The lowest BCUT2D eigenvalue weighted by atomic mass is 9.97. The van der Waals surface area contributed by atoms with E-state index in [0.29, 0.717) is 29.6 Å². The van der Waals surface area contributed by atoms with E-state index in [0.717, 1.165) is 19.6 Å². The number of rotatable bonds is 5. The van der Waals surface area contributed by atoms with Crippen molar-refractivity contribution in [1.29, 1.82) is 5.26 Å². The standard InChI is InChI=1S/C17H22FN3/c18-17-4-1-14(10-19)9-15(17)12-21(16-2-3-16)11-13-5-7-20-8-6-13/h1,4,9,13,16,20H,2-3,5-8,11-12H2. The average molecular weight is 287 g/mol. The van der Waals surface area contributed by atoms with Crippen LogP contribution in [0.2, 0.25) is 0 Å². The zero-order valence-corrected chi connectivity index (χ0v) is 12.3. The Hall–Kier alpha value is -1.44. The normalized spacial score (nSPS) is 19.7. The van der Waals surface area contributed by atoms with Crippen molar-refractivity contribution in [2.75, 3.05) is 19.6 Å². The fourth-order valence-electron chi connectivity index (χ4n) is 3.16. The highest BCUT2D eigenvalue weighted by molar-refractivity contribution is 5.33. The molecule has 112 valence electrons. The quantitative estimate of drug-likeness (QED) is 0.905. The van der Waals surface area contributed by atoms with Gasteiger partial charge in [-0.2, -0.15) is 5.26 Å². The van der Waals surface area contributed by atoms with E-state index in [9.17, 15) is 4.39 Å². The molecule has 2 aliphatic rings. The number of hydrogen-bond donors (Lipinski definition) is 1. The molecule has 21 heavy (non-hydrogen) atoms. The maximum atomic E-state index is 14.0. The molecule has 0 spiro atoms. The van der Waals surface area contributed by atoms with Gasteiger partial charge in [-0.25, -0.2) is 4.39 Å². The molecule has 4 heteroatoms. The summed E-state index contributed by atoms with van der Waals surface area (Å²) in [5, 5.41) is 12.4. The van der Waals surface area contributed by atoms with Crippen LogP contribution in [-0.2, 0) is 6.54 Å². The Morgan fingerprint density at radius 1 is 1.24 bits per heavy atom. The second-order valence-corrected chi connectivity index (χ2v) is 6.27. The maximum Gasteiger partial charge on any atom is 0.127 e. The number of nitriles is 1. The predicted octanol–water partition coefficient (Wildman–Crippen LogP) is 2.66. The van der Waals surface area contributed by atoms with Crippen molar-refractivity contribution >= 4 is 0 Å². The summed E-state index contributed by atoms with van der Waals surface area (Å²) in [7, 11) is 0. The molecule has 1 aliphatic heterocycles. The van der Waals surface area contributed by atoms with Gasteiger partial charge < -0.3 is 5.32 Å². The van der Waals surface area contributed by atoms with Gasteiger partial charge in [0.05, 0.1) is 11.6 Å². The van der Waals surface area contributed by atoms with Gasteiger partial charge in [-0.1, -0.05) is 0 Å². The van der Waals surface area contributed by atoms with Crippen molar-refractivity contribution in [3.63, 3.8) is 0 Å². The van der Waals surface area contributed by atoms with Crippen molar-refractivity contribution < 1.29 is 4.39 Å². The van der Waals surface area contributed by atoms with Crippen LogP contribution in [0, 0.1) is 23.1 Å². The Balaban J connectivity index is 1.68. The Bertz CT molecular complexity index is 527. The Kier molecular flexibility index (Phi) is 4.52. The van der Waals surface area contributed by atoms with Crippen LogP contribution in [0.25, 0.3) is 0 Å². The summed E-state index contributed by atoms with van der Waals surface area (Å²) in [5.41, 5.74) is 1.21. The first-order valence-electron chi connectivity index (χ1n) is 7.89. The van der Waals surface area contributed by atoms with Crippen LogP contribution in [0.5, 0.6) is 0 Å². The van der Waals surface area contributed by atoms with Gasteiger partial charge in [0.25, 0.3) is 0 Å². The molecule has 1 saturated heterocycles. The van der Waals surface area contributed by atoms with Gasteiger partial charge in [0.2, 0.25) is 0 Å². The molecule has 0 amide bonds. The van der Waals surface area contributed by atoms with Crippen molar-refractivity contribution in [1.82, 2.24) is 10.2 Å².